The van der Waals surface area contributed by atoms with Gasteiger partial charge in [-0.25, -0.2) is 9.98 Å². The van der Waals surface area contributed by atoms with Gasteiger partial charge in [-0.15, -0.1) is 0 Å². The maximum Gasteiger partial charge on any atom is 0.160 e. The SMILES string of the molecule is C1=C(c2ccc(-c3ccc4oc5c(-c6ccc7ccccc7c6)c6ccccc6cc5c4c3)cc2)N=C(c2ccccc2)N=C(c2ccc3ccccc3c2)C1. The summed E-state index contributed by atoms with van der Waals surface area (Å²) >= 11 is 0. The van der Waals surface area contributed by atoms with Crippen LogP contribution in [0.25, 0.3) is 82.2 Å². The van der Waals surface area contributed by atoms with E-state index in [2.05, 4.69) is 176 Å². The smallest absolute Gasteiger partial charge is 0.160 e. The first-order valence-corrected chi connectivity index (χ1v) is 19.1. The van der Waals surface area contributed by atoms with Crippen LogP contribution in [0.4, 0.5) is 0 Å². The Labute approximate surface area is 324 Å². The van der Waals surface area contributed by atoms with Crippen molar-refractivity contribution in [3.63, 3.8) is 0 Å². The molecule has 0 fully saturated rings. The zero-order valence-corrected chi connectivity index (χ0v) is 30.5. The van der Waals surface area contributed by atoms with E-state index < -0.39 is 0 Å². The van der Waals surface area contributed by atoms with Gasteiger partial charge in [0, 0.05) is 28.3 Å². The second-order valence-electron chi connectivity index (χ2n) is 14.5. The molecule has 10 aromatic rings. The molecule has 0 amide bonds. The summed E-state index contributed by atoms with van der Waals surface area (Å²) in [6.07, 6.45) is 2.88. The van der Waals surface area contributed by atoms with Gasteiger partial charge in [0.15, 0.2) is 5.84 Å². The molecule has 1 aliphatic heterocycles. The molecule has 9 aromatic carbocycles. The lowest BCUT2D eigenvalue weighted by Crippen LogP contribution is -2.05. The van der Waals surface area contributed by atoms with Crippen LogP contribution in [0.5, 0.6) is 0 Å². The predicted molar refractivity (Wildman–Crippen MR) is 236 cm³/mol. The molecule has 0 atom stereocenters. The van der Waals surface area contributed by atoms with Crippen molar-refractivity contribution in [2.45, 2.75) is 6.42 Å². The summed E-state index contributed by atoms with van der Waals surface area (Å²) in [5, 5.41) is 9.48. The van der Waals surface area contributed by atoms with Gasteiger partial charge in [0.1, 0.15) is 11.2 Å². The van der Waals surface area contributed by atoms with Gasteiger partial charge >= 0.3 is 0 Å². The molecule has 262 valence electrons. The normalized spacial score (nSPS) is 13.2. The number of hydrogen-bond acceptors (Lipinski definition) is 3. The molecular formula is C53H34N2O. The molecule has 0 radical (unpaired) electrons. The van der Waals surface area contributed by atoms with E-state index in [0.717, 1.165) is 78.1 Å². The van der Waals surface area contributed by atoms with E-state index in [-0.39, 0.29) is 0 Å². The number of furan rings is 1. The fourth-order valence-corrected chi connectivity index (χ4v) is 8.22. The molecule has 1 aliphatic rings. The largest absolute Gasteiger partial charge is 0.455 e. The van der Waals surface area contributed by atoms with Crippen LogP contribution in [0.15, 0.2) is 209 Å². The number of fused-ring (bicyclic) bond motifs is 6. The molecule has 0 aliphatic carbocycles. The van der Waals surface area contributed by atoms with Gasteiger partial charge in [0.2, 0.25) is 0 Å². The van der Waals surface area contributed by atoms with Gasteiger partial charge in [-0.3, -0.25) is 0 Å². The number of benzene rings is 9. The highest BCUT2D eigenvalue weighted by molar-refractivity contribution is 6.19. The van der Waals surface area contributed by atoms with Crippen molar-refractivity contribution >= 4 is 71.5 Å². The third-order valence-corrected chi connectivity index (χ3v) is 11.1. The molecule has 0 bridgehead atoms. The van der Waals surface area contributed by atoms with E-state index in [1.165, 1.54) is 32.3 Å². The lowest BCUT2D eigenvalue weighted by molar-refractivity contribution is 0.670. The fraction of sp³-hybridized carbons (Fsp3) is 0.0189. The molecule has 3 nitrogen and oxygen atoms in total. The Hall–Kier alpha value is -7.36. The quantitative estimate of drug-likeness (QED) is 0.175. The molecule has 2 heterocycles. The minimum absolute atomic E-state index is 0.676. The van der Waals surface area contributed by atoms with Gasteiger partial charge in [0.25, 0.3) is 0 Å². The molecule has 11 rings (SSSR count). The Balaban J connectivity index is 0.973. The molecule has 0 spiro atoms. The van der Waals surface area contributed by atoms with Crippen molar-refractivity contribution < 1.29 is 4.42 Å². The highest BCUT2D eigenvalue weighted by Gasteiger charge is 2.18. The van der Waals surface area contributed by atoms with Crippen molar-refractivity contribution in [2.24, 2.45) is 9.98 Å². The minimum atomic E-state index is 0.676. The summed E-state index contributed by atoms with van der Waals surface area (Å²) in [5.74, 6) is 0.717. The molecule has 1 aromatic heterocycles. The monoisotopic (exact) mass is 714 g/mol. The molecule has 3 heteroatoms. The summed E-state index contributed by atoms with van der Waals surface area (Å²) in [7, 11) is 0. The number of hydrogen-bond donors (Lipinski definition) is 0. The van der Waals surface area contributed by atoms with Crippen molar-refractivity contribution in [1.29, 1.82) is 0 Å². The minimum Gasteiger partial charge on any atom is -0.455 e. The highest BCUT2D eigenvalue weighted by Crippen LogP contribution is 2.43. The van der Waals surface area contributed by atoms with Crippen LogP contribution in [0.3, 0.4) is 0 Å². The topological polar surface area (TPSA) is 37.9 Å². The number of rotatable bonds is 5. The average Bonchev–Trinajstić information content (AvgIpc) is 3.47. The van der Waals surface area contributed by atoms with Crippen LogP contribution >= 0.6 is 0 Å². The van der Waals surface area contributed by atoms with Crippen molar-refractivity contribution in [3.05, 3.63) is 211 Å². The number of aliphatic imine (C=N–C) groups is 2. The second kappa shape index (κ2) is 13.2. The van der Waals surface area contributed by atoms with Crippen molar-refractivity contribution in [3.8, 4) is 22.3 Å². The van der Waals surface area contributed by atoms with Gasteiger partial charge in [-0.2, -0.15) is 0 Å². The zero-order valence-electron chi connectivity index (χ0n) is 30.5. The van der Waals surface area contributed by atoms with E-state index in [0.29, 0.717) is 6.42 Å². The standard InChI is InChI=1S/C53H34N2O/c1-2-12-38(13-3-1)53-54-48(27-28-49(55-53)43-24-20-34-10-4-6-14-39(34)30-43)37-22-18-36(19-23-37)41-26-29-50-46(32-41)47-33-42-16-8-9-17-45(42)51(52(47)56-50)44-25-21-35-11-5-7-15-40(35)31-44/h1-27,29-33H,28H2. The maximum absolute atomic E-state index is 6.73. The summed E-state index contributed by atoms with van der Waals surface area (Å²) in [5.41, 5.74) is 11.4. The van der Waals surface area contributed by atoms with Crippen LogP contribution in [0, 0.1) is 0 Å². The molecule has 0 saturated carbocycles. The van der Waals surface area contributed by atoms with Crippen LogP contribution in [0.1, 0.15) is 23.1 Å². The van der Waals surface area contributed by atoms with E-state index in [9.17, 15) is 0 Å². The second-order valence-corrected chi connectivity index (χ2v) is 14.5. The third kappa shape index (κ3) is 5.61. The van der Waals surface area contributed by atoms with Gasteiger partial charge in [-0.05, 0) is 90.5 Å². The molecular weight excluding hydrogens is 681 g/mol. The number of nitrogens with zero attached hydrogens (tertiary/aromatic N) is 2. The zero-order chi connectivity index (χ0) is 37.0. The lowest BCUT2D eigenvalue weighted by atomic mass is 9.93. The van der Waals surface area contributed by atoms with Crippen LogP contribution < -0.4 is 0 Å². The first kappa shape index (κ1) is 32.1. The number of amidine groups is 1. The van der Waals surface area contributed by atoms with Gasteiger partial charge in [-0.1, -0.05) is 164 Å². The fourth-order valence-electron chi connectivity index (χ4n) is 8.22. The van der Waals surface area contributed by atoms with Crippen molar-refractivity contribution in [2.75, 3.05) is 0 Å². The Morgan fingerprint density at radius 1 is 0.375 bits per heavy atom. The summed E-state index contributed by atoms with van der Waals surface area (Å²) in [6, 6.07) is 66.7. The molecule has 0 saturated heterocycles. The molecule has 0 N–H and O–H groups in total. The Bertz CT molecular complexity index is 3260. The highest BCUT2D eigenvalue weighted by atomic mass is 16.3. The Morgan fingerprint density at radius 3 is 1.75 bits per heavy atom. The Kier molecular flexibility index (Phi) is 7.56. The van der Waals surface area contributed by atoms with Gasteiger partial charge < -0.3 is 4.42 Å². The van der Waals surface area contributed by atoms with Crippen LogP contribution in [-0.2, 0) is 0 Å². The van der Waals surface area contributed by atoms with Crippen LogP contribution in [0.2, 0.25) is 0 Å². The van der Waals surface area contributed by atoms with E-state index in [1.54, 1.807) is 0 Å². The van der Waals surface area contributed by atoms with Crippen LogP contribution in [-0.4, -0.2) is 11.5 Å². The lowest BCUT2D eigenvalue weighted by Gasteiger charge is -2.10. The molecule has 0 unspecified atom stereocenters. The first-order chi connectivity index (χ1) is 27.7. The number of allylic oxidation sites excluding steroid dienone is 1. The molecule has 56 heavy (non-hydrogen) atoms. The third-order valence-electron chi connectivity index (χ3n) is 11.1. The summed E-state index contributed by atoms with van der Waals surface area (Å²) in [4.78, 5) is 10.4. The average molecular weight is 715 g/mol. The predicted octanol–water partition coefficient (Wildman–Crippen LogP) is 14.1. The van der Waals surface area contributed by atoms with Crippen molar-refractivity contribution in [1.82, 2.24) is 0 Å². The van der Waals surface area contributed by atoms with E-state index in [1.807, 2.05) is 18.2 Å². The van der Waals surface area contributed by atoms with Gasteiger partial charge in [0.05, 0.1) is 11.4 Å². The summed E-state index contributed by atoms with van der Waals surface area (Å²) < 4.78 is 6.73. The van der Waals surface area contributed by atoms with E-state index in [4.69, 9.17) is 14.4 Å². The van der Waals surface area contributed by atoms with E-state index >= 15 is 0 Å². The first-order valence-electron chi connectivity index (χ1n) is 19.1. The maximum atomic E-state index is 6.73. The summed E-state index contributed by atoms with van der Waals surface area (Å²) in [6.45, 7) is 0. The Morgan fingerprint density at radius 2 is 0.982 bits per heavy atom.